The Morgan fingerprint density at radius 2 is 1.88 bits per heavy atom. The third kappa shape index (κ3) is 6.98. The van der Waals surface area contributed by atoms with Gasteiger partial charge in [0.15, 0.2) is 0 Å². The van der Waals surface area contributed by atoms with Crippen molar-refractivity contribution in [3.05, 3.63) is 35.9 Å². The molecule has 0 aromatic heterocycles. The van der Waals surface area contributed by atoms with E-state index in [0.717, 1.165) is 19.3 Å². The van der Waals surface area contributed by atoms with Crippen LogP contribution in [0.1, 0.15) is 51.6 Å². The first-order valence-electron chi connectivity index (χ1n) is 8.23. The van der Waals surface area contributed by atoms with Gasteiger partial charge in [-0.1, -0.05) is 30.3 Å². The number of halogens is 2. The Morgan fingerprint density at radius 3 is 2.42 bits per heavy atom. The molecule has 3 atom stereocenters. The zero-order valence-corrected chi connectivity index (χ0v) is 16.4. The van der Waals surface area contributed by atoms with Crippen LogP contribution < -0.4 is 16.4 Å². The molecule has 3 unspecified atom stereocenters. The molecule has 1 fully saturated rings. The maximum Gasteiger partial charge on any atom is 0.223 e. The number of carbonyl (C=O) groups is 1. The fourth-order valence-electron chi connectivity index (χ4n) is 3.17. The Hall–Kier alpha value is -0.810. The van der Waals surface area contributed by atoms with E-state index in [1.165, 1.54) is 5.56 Å². The second-order valence-electron chi connectivity index (χ2n) is 7.15. The summed E-state index contributed by atoms with van der Waals surface area (Å²) in [6.07, 6.45) is 2.70. The minimum absolute atomic E-state index is 0. The van der Waals surface area contributed by atoms with Gasteiger partial charge in [0.25, 0.3) is 0 Å². The van der Waals surface area contributed by atoms with Gasteiger partial charge in [-0.3, -0.25) is 4.79 Å². The summed E-state index contributed by atoms with van der Waals surface area (Å²) >= 11 is 0. The molecule has 4 N–H and O–H groups in total. The van der Waals surface area contributed by atoms with E-state index < -0.39 is 0 Å². The van der Waals surface area contributed by atoms with Crippen molar-refractivity contribution in [2.24, 2.45) is 11.7 Å². The van der Waals surface area contributed by atoms with Crippen molar-refractivity contribution in [2.45, 2.75) is 57.7 Å². The van der Waals surface area contributed by atoms with Crippen LogP contribution in [0.2, 0.25) is 0 Å². The average Bonchev–Trinajstić information content (AvgIpc) is 2.92. The molecular weight excluding hydrogens is 345 g/mol. The molecule has 138 valence electrons. The molecule has 2 rings (SSSR count). The van der Waals surface area contributed by atoms with E-state index in [-0.39, 0.29) is 54.3 Å². The van der Waals surface area contributed by atoms with Gasteiger partial charge < -0.3 is 16.4 Å². The van der Waals surface area contributed by atoms with Crippen LogP contribution in [0.3, 0.4) is 0 Å². The first-order chi connectivity index (χ1) is 10.4. The molecule has 6 heteroatoms. The summed E-state index contributed by atoms with van der Waals surface area (Å²) in [4.78, 5) is 12.2. The molecule has 1 aliphatic rings. The number of hydrogen-bond donors (Lipinski definition) is 3. The van der Waals surface area contributed by atoms with Crippen molar-refractivity contribution in [1.29, 1.82) is 0 Å². The zero-order valence-electron chi connectivity index (χ0n) is 14.7. The highest BCUT2D eigenvalue weighted by molar-refractivity contribution is 5.85. The number of nitrogens with one attached hydrogen (secondary N) is 2. The number of rotatable bonds is 6. The summed E-state index contributed by atoms with van der Waals surface area (Å²) in [5.74, 6) is 0.243. The lowest BCUT2D eigenvalue weighted by molar-refractivity contribution is -0.125. The van der Waals surface area contributed by atoms with Crippen LogP contribution >= 0.6 is 24.8 Å². The maximum absolute atomic E-state index is 12.2. The van der Waals surface area contributed by atoms with Crippen LogP contribution in [0.5, 0.6) is 0 Å². The van der Waals surface area contributed by atoms with E-state index in [9.17, 15) is 4.79 Å². The lowest BCUT2D eigenvalue weighted by Gasteiger charge is -2.31. The third-order valence-electron chi connectivity index (χ3n) is 4.46. The van der Waals surface area contributed by atoms with Gasteiger partial charge in [-0.15, -0.1) is 24.8 Å². The predicted octanol–water partition coefficient (Wildman–Crippen LogP) is 3.20. The van der Waals surface area contributed by atoms with Crippen LogP contribution in [0.15, 0.2) is 30.3 Å². The summed E-state index contributed by atoms with van der Waals surface area (Å²) in [5, 5.41) is 6.67. The van der Waals surface area contributed by atoms with E-state index >= 15 is 0 Å². The molecule has 1 aliphatic carbocycles. The molecule has 24 heavy (non-hydrogen) atoms. The Labute approximate surface area is 158 Å². The molecule has 0 radical (unpaired) electrons. The fourth-order valence-corrected chi connectivity index (χ4v) is 3.17. The molecule has 1 aromatic carbocycles. The van der Waals surface area contributed by atoms with Crippen LogP contribution in [-0.4, -0.2) is 24.0 Å². The number of carbonyl (C=O) groups excluding carboxylic acids is 1. The van der Waals surface area contributed by atoms with E-state index in [2.05, 4.69) is 43.5 Å². The summed E-state index contributed by atoms with van der Waals surface area (Å²) in [7, 11) is 0. The molecule has 1 saturated carbocycles. The van der Waals surface area contributed by atoms with Crippen molar-refractivity contribution in [3.63, 3.8) is 0 Å². The van der Waals surface area contributed by atoms with Gasteiger partial charge in [0, 0.05) is 30.1 Å². The average molecular weight is 376 g/mol. The summed E-state index contributed by atoms with van der Waals surface area (Å²) in [6.45, 7) is 7.00. The highest BCUT2D eigenvalue weighted by Crippen LogP contribution is 2.24. The van der Waals surface area contributed by atoms with E-state index in [1.807, 2.05) is 18.2 Å². The minimum atomic E-state index is -0.161. The number of nitrogens with two attached hydrogens (primary N) is 1. The van der Waals surface area contributed by atoms with Gasteiger partial charge >= 0.3 is 0 Å². The normalized spacial score (nSPS) is 21.3. The second kappa shape index (κ2) is 10.2. The molecule has 0 bridgehead atoms. The molecule has 0 aliphatic heterocycles. The molecule has 0 saturated heterocycles. The van der Waals surface area contributed by atoms with Crippen LogP contribution in [-0.2, 0) is 4.79 Å². The van der Waals surface area contributed by atoms with E-state index in [4.69, 9.17) is 5.73 Å². The second-order valence-corrected chi connectivity index (χ2v) is 7.15. The molecule has 1 amide bonds. The van der Waals surface area contributed by atoms with Gasteiger partial charge in [0.1, 0.15) is 0 Å². The van der Waals surface area contributed by atoms with Gasteiger partial charge in [0.05, 0.1) is 0 Å². The summed E-state index contributed by atoms with van der Waals surface area (Å²) < 4.78 is 0. The van der Waals surface area contributed by atoms with Gasteiger partial charge in [0.2, 0.25) is 5.91 Å². The standard InChI is InChI=1S/C18H29N3O.2ClH/c1-13(14-7-5-4-6-8-14)21-18(2,3)12-20-17(22)15-9-10-16(19)11-15;;/h4-8,13,15-16,21H,9-12,19H2,1-3H3,(H,20,22);2*1H. The lowest BCUT2D eigenvalue weighted by atomic mass is 10.00. The Bertz CT molecular complexity index is 496. The monoisotopic (exact) mass is 375 g/mol. The predicted molar refractivity (Wildman–Crippen MR) is 105 cm³/mol. The van der Waals surface area contributed by atoms with Gasteiger partial charge in [-0.2, -0.15) is 0 Å². The van der Waals surface area contributed by atoms with Crippen molar-refractivity contribution in [2.75, 3.05) is 6.54 Å². The highest BCUT2D eigenvalue weighted by atomic mass is 35.5. The van der Waals surface area contributed by atoms with Crippen LogP contribution in [0.25, 0.3) is 0 Å². The SMILES string of the molecule is CC(NC(C)(C)CNC(=O)C1CCC(N)C1)c1ccccc1.Cl.Cl. The van der Waals surface area contributed by atoms with Crippen LogP contribution in [0.4, 0.5) is 0 Å². The highest BCUT2D eigenvalue weighted by Gasteiger charge is 2.29. The van der Waals surface area contributed by atoms with Gasteiger partial charge in [-0.25, -0.2) is 0 Å². The van der Waals surface area contributed by atoms with Crippen LogP contribution in [0, 0.1) is 5.92 Å². The first-order valence-corrected chi connectivity index (χ1v) is 8.23. The fraction of sp³-hybridized carbons (Fsp3) is 0.611. The summed E-state index contributed by atoms with van der Waals surface area (Å²) in [6, 6.07) is 10.8. The number of amides is 1. The zero-order chi connectivity index (χ0) is 16.2. The Balaban J connectivity index is 0.00000264. The van der Waals surface area contributed by atoms with Crippen molar-refractivity contribution < 1.29 is 4.79 Å². The van der Waals surface area contributed by atoms with Crippen molar-refractivity contribution >= 4 is 30.7 Å². The van der Waals surface area contributed by atoms with E-state index in [0.29, 0.717) is 6.54 Å². The maximum atomic E-state index is 12.2. The smallest absolute Gasteiger partial charge is 0.223 e. The first kappa shape index (κ1) is 23.2. The number of benzene rings is 1. The largest absolute Gasteiger partial charge is 0.354 e. The topological polar surface area (TPSA) is 67.1 Å². The molecule has 1 aromatic rings. The quantitative estimate of drug-likeness (QED) is 0.714. The molecular formula is C18H31Cl2N3O. The minimum Gasteiger partial charge on any atom is -0.354 e. The van der Waals surface area contributed by atoms with E-state index in [1.54, 1.807) is 0 Å². The van der Waals surface area contributed by atoms with Crippen molar-refractivity contribution in [3.8, 4) is 0 Å². The molecule has 4 nitrogen and oxygen atoms in total. The molecule has 0 spiro atoms. The van der Waals surface area contributed by atoms with Gasteiger partial charge in [-0.05, 0) is 45.6 Å². The summed E-state index contributed by atoms with van der Waals surface area (Å²) in [5.41, 5.74) is 6.98. The Morgan fingerprint density at radius 1 is 1.25 bits per heavy atom. The Kier molecular flexibility index (Phi) is 9.90. The molecule has 0 heterocycles. The van der Waals surface area contributed by atoms with Crippen molar-refractivity contribution in [1.82, 2.24) is 10.6 Å². The lowest BCUT2D eigenvalue weighted by Crippen LogP contribution is -2.50. The number of hydrogen-bond acceptors (Lipinski definition) is 3. The third-order valence-corrected chi connectivity index (χ3v) is 4.46.